The molecule has 0 aliphatic carbocycles. The fraction of sp³-hybridized carbons (Fsp3) is 0.500. The number of rotatable bonds is 3. The fourth-order valence-corrected chi connectivity index (χ4v) is 2.48. The second kappa shape index (κ2) is 6.16. The van der Waals surface area contributed by atoms with E-state index >= 15 is 0 Å². The van der Waals surface area contributed by atoms with Crippen LogP contribution in [0.1, 0.15) is 37.8 Å². The number of aryl methyl sites for hydroxylation is 1. The SMILES string of the molecule is CCC(C)(NC(=O)N1CCCc2ccccc2C1)C(=O)O. The molecular formula is C16H22N2O3. The number of nitrogens with one attached hydrogen (secondary N) is 1. The number of carboxylic acids is 1. The van der Waals surface area contributed by atoms with Crippen molar-refractivity contribution in [3.05, 3.63) is 35.4 Å². The molecule has 0 spiro atoms. The monoisotopic (exact) mass is 290 g/mol. The van der Waals surface area contributed by atoms with Crippen molar-refractivity contribution in [3.8, 4) is 0 Å². The highest BCUT2D eigenvalue weighted by atomic mass is 16.4. The third kappa shape index (κ3) is 3.35. The number of carboxylic acid groups (broad SMARTS) is 1. The normalized spacial score (nSPS) is 17.3. The van der Waals surface area contributed by atoms with Gasteiger partial charge in [0, 0.05) is 13.1 Å². The zero-order valence-electron chi connectivity index (χ0n) is 12.6. The smallest absolute Gasteiger partial charge is 0.329 e. The van der Waals surface area contributed by atoms with E-state index in [9.17, 15) is 14.7 Å². The van der Waals surface area contributed by atoms with E-state index in [-0.39, 0.29) is 6.03 Å². The van der Waals surface area contributed by atoms with E-state index in [1.807, 2.05) is 18.2 Å². The molecule has 2 N–H and O–H groups in total. The summed E-state index contributed by atoms with van der Waals surface area (Å²) in [5.41, 5.74) is 1.19. The zero-order chi connectivity index (χ0) is 15.5. The largest absolute Gasteiger partial charge is 0.480 e. The molecule has 0 fully saturated rings. The molecule has 21 heavy (non-hydrogen) atoms. The molecule has 5 heteroatoms. The van der Waals surface area contributed by atoms with E-state index in [4.69, 9.17) is 0 Å². The standard InChI is InChI=1S/C16H22N2O3/c1-3-16(2,14(19)20)17-15(21)18-10-6-9-12-7-4-5-8-13(12)11-18/h4-5,7-8H,3,6,9-11H2,1-2H3,(H,17,21)(H,19,20). The predicted octanol–water partition coefficient (Wildman–Crippen LogP) is 2.40. The van der Waals surface area contributed by atoms with Gasteiger partial charge in [0.15, 0.2) is 0 Å². The summed E-state index contributed by atoms with van der Waals surface area (Å²) in [5, 5.41) is 11.9. The lowest BCUT2D eigenvalue weighted by Crippen LogP contribution is -2.55. The van der Waals surface area contributed by atoms with Crippen molar-refractivity contribution in [2.24, 2.45) is 0 Å². The summed E-state index contributed by atoms with van der Waals surface area (Å²) in [6.45, 7) is 4.46. The van der Waals surface area contributed by atoms with Crippen LogP contribution in [0.3, 0.4) is 0 Å². The number of aliphatic carboxylic acids is 1. The molecule has 2 rings (SSSR count). The van der Waals surface area contributed by atoms with Crippen LogP contribution >= 0.6 is 0 Å². The summed E-state index contributed by atoms with van der Waals surface area (Å²) in [6.07, 6.45) is 2.18. The minimum absolute atomic E-state index is 0.307. The first kappa shape index (κ1) is 15.4. The van der Waals surface area contributed by atoms with Crippen molar-refractivity contribution in [2.75, 3.05) is 6.54 Å². The fourth-order valence-electron chi connectivity index (χ4n) is 2.48. The van der Waals surface area contributed by atoms with Crippen LogP contribution in [0.25, 0.3) is 0 Å². The molecule has 2 amide bonds. The summed E-state index contributed by atoms with van der Waals surface area (Å²) in [6, 6.07) is 7.78. The van der Waals surface area contributed by atoms with Gasteiger partial charge >= 0.3 is 12.0 Å². The second-order valence-electron chi connectivity index (χ2n) is 5.71. The number of hydrogen-bond donors (Lipinski definition) is 2. The van der Waals surface area contributed by atoms with E-state index in [0.717, 1.165) is 18.4 Å². The Morgan fingerprint density at radius 2 is 2.00 bits per heavy atom. The van der Waals surface area contributed by atoms with Crippen LogP contribution in [0.15, 0.2) is 24.3 Å². The third-order valence-corrected chi connectivity index (χ3v) is 4.20. The number of carbonyl (C=O) groups excluding carboxylic acids is 1. The van der Waals surface area contributed by atoms with E-state index in [1.165, 1.54) is 5.56 Å². The number of amides is 2. The van der Waals surface area contributed by atoms with Crippen molar-refractivity contribution in [2.45, 2.75) is 45.2 Å². The highest BCUT2D eigenvalue weighted by Gasteiger charge is 2.34. The average molecular weight is 290 g/mol. The number of hydrogen-bond acceptors (Lipinski definition) is 2. The van der Waals surface area contributed by atoms with E-state index in [2.05, 4.69) is 11.4 Å². The maximum Gasteiger partial charge on any atom is 0.329 e. The molecule has 1 heterocycles. The van der Waals surface area contributed by atoms with Crippen LogP contribution in [0.4, 0.5) is 4.79 Å². The van der Waals surface area contributed by atoms with Crippen molar-refractivity contribution >= 4 is 12.0 Å². The topological polar surface area (TPSA) is 69.6 Å². The molecule has 5 nitrogen and oxygen atoms in total. The highest BCUT2D eigenvalue weighted by molar-refractivity contribution is 5.85. The van der Waals surface area contributed by atoms with Crippen LogP contribution in [0.2, 0.25) is 0 Å². The quantitative estimate of drug-likeness (QED) is 0.898. The molecule has 114 valence electrons. The van der Waals surface area contributed by atoms with Crippen LogP contribution in [0, 0.1) is 0 Å². The number of carbonyl (C=O) groups is 2. The Labute approximate surface area is 125 Å². The van der Waals surface area contributed by atoms with Crippen molar-refractivity contribution < 1.29 is 14.7 Å². The molecular weight excluding hydrogens is 268 g/mol. The average Bonchev–Trinajstić information content (AvgIpc) is 2.69. The summed E-state index contributed by atoms with van der Waals surface area (Å²) in [5.74, 6) is -1.01. The van der Waals surface area contributed by atoms with Crippen LogP contribution in [0.5, 0.6) is 0 Å². The van der Waals surface area contributed by atoms with Gasteiger partial charge in [0.05, 0.1) is 0 Å². The van der Waals surface area contributed by atoms with Crippen LogP contribution in [-0.4, -0.2) is 34.1 Å². The van der Waals surface area contributed by atoms with Gasteiger partial charge < -0.3 is 15.3 Å². The summed E-state index contributed by atoms with van der Waals surface area (Å²) in [7, 11) is 0. The first-order valence-electron chi connectivity index (χ1n) is 7.33. The van der Waals surface area contributed by atoms with Gasteiger partial charge in [-0.2, -0.15) is 0 Å². The third-order valence-electron chi connectivity index (χ3n) is 4.20. The number of nitrogens with zero attached hydrogens (tertiary/aromatic N) is 1. The van der Waals surface area contributed by atoms with Crippen LogP contribution in [-0.2, 0) is 17.8 Å². The molecule has 1 unspecified atom stereocenters. The molecule has 1 aliphatic rings. The summed E-state index contributed by atoms with van der Waals surface area (Å²) in [4.78, 5) is 25.4. The summed E-state index contributed by atoms with van der Waals surface area (Å²) >= 11 is 0. The Bertz CT molecular complexity index is 544. The maximum absolute atomic E-state index is 12.4. The molecule has 0 aromatic heterocycles. The molecule has 0 saturated heterocycles. The molecule has 1 aromatic rings. The van der Waals surface area contributed by atoms with Crippen LogP contribution < -0.4 is 5.32 Å². The van der Waals surface area contributed by atoms with Gasteiger partial charge in [-0.1, -0.05) is 31.2 Å². The minimum Gasteiger partial charge on any atom is -0.480 e. The van der Waals surface area contributed by atoms with E-state index in [1.54, 1.807) is 18.7 Å². The zero-order valence-corrected chi connectivity index (χ0v) is 12.6. The van der Waals surface area contributed by atoms with Crippen molar-refractivity contribution in [1.29, 1.82) is 0 Å². The van der Waals surface area contributed by atoms with Gasteiger partial charge in [0.2, 0.25) is 0 Å². The van der Waals surface area contributed by atoms with Gasteiger partial charge in [-0.3, -0.25) is 0 Å². The minimum atomic E-state index is -1.22. The number of benzene rings is 1. The Morgan fingerprint density at radius 1 is 1.33 bits per heavy atom. The van der Waals surface area contributed by atoms with Gasteiger partial charge in [-0.05, 0) is 37.3 Å². The first-order valence-corrected chi connectivity index (χ1v) is 7.33. The summed E-state index contributed by atoms with van der Waals surface area (Å²) < 4.78 is 0. The molecule has 0 bridgehead atoms. The second-order valence-corrected chi connectivity index (χ2v) is 5.71. The number of fused-ring (bicyclic) bond motifs is 1. The van der Waals surface area contributed by atoms with Crippen molar-refractivity contribution in [1.82, 2.24) is 10.2 Å². The lowest BCUT2D eigenvalue weighted by atomic mass is 10.00. The molecule has 1 aliphatic heterocycles. The maximum atomic E-state index is 12.4. The Kier molecular flexibility index (Phi) is 4.50. The van der Waals surface area contributed by atoms with E-state index < -0.39 is 11.5 Å². The highest BCUT2D eigenvalue weighted by Crippen LogP contribution is 2.19. The Balaban J connectivity index is 2.12. The Morgan fingerprint density at radius 3 is 2.62 bits per heavy atom. The number of urea groups is 1. The lowest BCUT2D eigenvalue weighted by molar-refractivity contribution is -0.143. The molecule has 1 atom stereocenters. The molecule has 0 radical (unpaired) electrons. The predicted molar refractivity (Wildman–Crippen MR) is 80.0 cm³/mol. The van der Waals surface area contributed by atoms with Gasteiger partial charge in [0.1, 0.15) is 5.54 Å². The molecule has 0 saturated carbocycles. The van der Waals surface area contributed by atoms with Gasteiger partial charge in [-0.25, -0.2) is 9.59 Å². The van der Waals surface area contributed by atoms with Gasteiger partial charge in [-0.15, -0.1) is 0 Å². The van der Waals surface area contributed by atoms with E-state index in [0.29, 0.717) is 19.5 Å². The Hall–Kier alpha value is -2.04. The lowest BCUT2D eigenvalue weighted by Gasteiger charge is -2.29. The first-order chi connectivity index (χ1) is 9.96. The van der Waals surface area contributed by atoms with Gasteiger partial charge in [0.25, 0.3) is 0 Å². The molecule has 1 aromatic carbocycles. The van der Waals surface area contributed by atoms with Crippen molar-refractivity contribution in [3.63, 3.8) is 0 Å².